The Bertz CT molecular complexity index is 566. The Balaban J connectivity index is 1.68. The molecule has 0 radical (unpaired) electrons. The highest BCUT2D eigenvalue weighted by Gasteiger charge is 2.23. The van der Waals surface area contributed by atoms with Gasteiger partial charge in [0.15, 0.2) is 0 Å². The first-order valence-electron chi connectivity index (χ1n) is 7.23. The largest absolute Gasteiger partial charge is 0.459 e. The van der Waals surface area contributed by atoms with Crippen molar-refractivity contribution in [3.63, 3.8) is 0 Å². The van der Waals surface area contributed by atoms with E-state index in [1.165, 1.54) is 0 Å². The van der Waals surface area contributed by atoms with Crippen LogP contribution in [0.4, 0.5) is 0 Å². The zero-order chi connectivity index (χ0) is 13.9. The number of nitrogens with one attached hydrogen (secondary N) is 2. The van der Waals surface area contributed by atoms with Crippen LogP contribution in [0.25, 0.3) is 11.0 Å². The van der Waals surface area contributed by atoms with Crippen LogP contribution in [-0.2, 0) is 4.79 Å². The Labute approximate surface area is 118 Å². The normalized spacial score (nSPS) is 18.1. The molecule has 20 heavy (non-hydrogen) atoms. The van der Waals surface area contributed by atoms with Crippen LogP contribution in [0, 0.1) is 5.92 Å². The molecular formula is C16H20N2O2. The number of para-hydroxylation sites is 1. The van der Waals surface area contributed by atoms with Crippen LogP contribution >= 0.6 is 0 Å². The van der Waals surface area contributed by atoms with Crippen LogP contribution in [0.15, 0.2) is 34.7 Å². The number of amides is 1. The van der Waals surface area contributed by atoms with Gasteiger partial charge in [0.05, 0.1) is 6.04 Å². The highest BCUT2D eigenvalue weighted by atomic mass is 16.3. The number of hydrogen-bond donors (Lipinski definition) is 2. The summed E-state index contributed by atoms with van der Waals surface area (Å²) in [6.45, 7) is 3.82. The molecule has 1 aliphatic rings. The number of piperidine rings is 1. The lowest BCUT2D eigenvalue weighted by molar-refractivity contribution is -0.126. The number of carbonyl (C=O) groups excluding carboxylic acids is 1. The van der Waals surface area contributed by atoms with Crippen LogP contribution in [0.1, 0.15) is 31.6 Å². The highest BCUT2D eigenvalue weighted by molar-refractivity contribution is 5.80. The van der Waals surface area contributed by atoms with Gasteiger partial charge in [0.1, 0.15) is 11.3 Å². The number of benzene rings is 1. The number of hydrogen-bond acceptors (Lipinski definition) is 3. The molecule has 2 heterocycles. The number of carbonyl (C=O) groups is 1. The molecule has 1 aliphatic heterocycles. The second-order valence-corrected chi connectivity index (χ2v) is 5.44. The number of rotatable bonds is 3. The lowest BCUT2D eigenvalue weighted by Crippen LogP contribution is -2.39. The minimum Gasteiger partial charge on any atom is -0.459 e. The summed E-state index contributed by atoms with van der Waals surface area (Å²) in [6.07, 6.45) is 1.83. The van der Waals surface area contributed by atoms with Crippen molar-refractivity contribution in [2.24, 2.45) is 5.92 Å². The van der Waals surface area contributed by atoms with Gasteiger partial charge < -0.3 is 15.1 Å². The van der Waals surface area contributed by atoms with Gasteiger partial charge in [0.2, 0.25) is 5.91 Å². The molecule has 0 bridgehead atoms. The molecule has 106 valence electrons. The van der Waals surface area contributed by atoms with Crippen molar-refractivity contribution < 1.29 is 9.21 Å². The molecule has 1 atom stereocenters. The maximum absolute atomic E-state index is 12.2. The molecule has 1 aromatic heterocycles. The van der Waals surface area contributed by atoms with Crippen LogP contribution < -0.4 is 10.6 Å². The molecule has 1 saturated heterocycles. The fraction of sp³-hybridized carbons (Fsp3) is 0.438. The number of fused-ring (bicyclic) bond motifs is 1. The monoisotopic (exact) mass is 272 g/mol. The van der Waals surface area contributed by atoms with Crippen molar-refractivity contribution in [3.8, 4) is 0 Å². The maximum atomic E-state index is 12.2. The van der Waals surface area contributed by atoms with Gasteiger partial charge in [0, 0.05) is 11.3 Å². The second kappa shape index (κ2) is 5.67. The van der Waals surface area contributed by atoms with Crippen molar-refractivity contribution in [2.75, 3.05) is 13.1 Å². The van der Waals surface area contributed by atoms with E-state index in [0.29, 0.717) is 0 Å². The van der Waals surface area contributed by atoms with Gasteiger partial charge in [-0.05, 0) is 45.0 Å². The third-order valence-electron chi connectivity index (χ3n) is 3.94. The minimum atomic E-state index is -0.0928. The van der Waals surface area contributed by atoms with Gasteiger partial charge in [0.25, 0.3) is 0 Å². The SMILES string of the molecule is CC(NC(=O)C1CCNCC1)c1cc2ccccc2o1. The summed E-state index contributed by atoms with van der Waals surface area (Å²) in [5.74, 6) is 1.08. The average Bonchev–Trinajstić information content (AvgIpc) is 2.92. The minimum absolute atomic E-state index is 0.0928. The highest BCUT2D eigenvalue weighted by Crippen LogP contribution is 2.24. The predicted octanol–water partition coefficient (Wildman–Crippen LogP) is 2.61. The molecule has 1 fully saturated rings. The van der Waals surface area contributed by atoms with Gasteiger partial charge >= 0.3 is 0 Å². The second-order valence-electron chi connectivity index (χ2n) is 5.44. The third-order valence-corrected chi connectivity index (χ3v) is 3.94. The average molecular weight is 272 g/mol. The molecule has 0 spiro atoms. The first kappa shape index (κ1) is 13.2. The molecule has 2 aromatic rings. The van der Waals surface area contributed by atoms with Crippen LogP contribution in [0.5, 0.6) is 0 Å². The molecule has 2 N–H and O–H groups in total. The Morgan fingerprint density at radius 1 is 1.35 bits per heavy atom. The van der Waals surface area contributed by atoms with E-state index in [4.69, 9.17) is 4.42 Å². The first-order chi connectivity index (χ1) is 9.74. The smallest absolute Gasteiger partial charge is 0.223 e. The van der Waals surface area contributed by atoms with Gasteiger partial charge in [-0.3, -0.25) is 4.79 Å². The summed E-state index contributed by atoms with van der Waals surface area (Å²) >= 11 is 0. The summed E-state index contributed by atoms with van der Waals surface area (Å²) in [7, 11) is 0. The summed E-state index contributed by atoms with van der Waals surface area (Å²) in [6, 6.07) is 9.81. The van der Waals surface area contributed by atoms with Crippen LogP contribution in [-0.4, -0.2) is 19.0 Å². The van der Waals surface area contributed by atoms with Crippen molar-refractivity contribution in [1.29, 1.82) is 0 Å². The Kier molecular flexibility index (Phi) is 3.74. The lowest BCUT2D eigenvalue weighted by atomic mass is 9.97. The van der Waals surface area contributed by atoms with Crippen molar-refractivity contribution in [1.82, 2.24) is 10.6 Å². The van der Waals surface area contributed by atoms with Crippen molar-refractivity contribution in [2.45, 2.75) is 25.8 Å². The standard InChI is InChI=1S/C16H20N2O2/c1-11(18-16(19)12-6-8-17-9-7-12)15-10-13-4-2-3-5-14(13)20-15/h2-5,10-12,17H,6-9H2,1H3,(H,18,19). The fourth-order valence-electron chi connectivity index (χ4n) is 2.70. The molecule has 1 amide bonds. The zero-order valence-electron chi connectivity index (χ0n) is 11.7. The topological polar surface area (TPSA) is 54.3 Å². The van der Waals surface area contributed by atoms with E-state index in [2.05, 4.69) is 10.6 Å². The Hall–Kier alpha value is -1.81. The summed E-state index contributed by atoms with van der Waals surface area (Å²) < 4.78 is 5.79. The van der Waals surface area contributed by atoms with E-state index in [9.17, 15) is 4.79 Å². The van der Waals surface area contributed by atoms with Crippen LogP contribution in [0.2, 0.25) is 0 Å². The van der Waals surface area contributed by atoms with E-state index in [-0.39, 0.29) is 17.9 Å². The maximum Gasteiger partial charge on any atom is 0.223 e. The third kappa shape index (κ3) is 2.70. The molecule has 3 rings (SSSR count). The van der Waals surface area contributed by atoms with E-state index >= 15 is 0 Å². The van der Waals surface area contributed by atoms with E-state index in [1.54, 1.807) is 0 Å². The molecule has 1 unspecified atom stereocenters. The molecule has 1 aromatic carbocycles. The Morgan fingerprint density at radius 2 is 2.10 bits per heavy atom. The van der Waals surface area contributed by atoms with Gasteiger partial charge in [-0.25, -0.2) is 0 Å². The van der Waals surface area contributed by atoms with Gasteiger partial charge in [-0.1, -0.05) is 18.2 Å². The van der Waals surface area contributed by atoms with E-state index in [1.807, 2.05) is 37.3 Å². The molecule has 4 heteroatoms. The molecule has 0 saturated carbocycles. The molecule has 4 nitrogen and oxygen atoms in total. The lowest BCUT2D eigenvalue weighted by Gasteiger charge is -2.23. The molecular weight excluding hydrogens is 252 g/mol. The van der Waals surface area contributed by atoms with Crippen molar-refractivity contribution in [3.05, 3.63) is 36.1 Å². The Morgan fingerprint density at radius 3 is 2.85 bits per heavy atom. The van der Waals surface area contributed by atoms with Crippen molar-refractivity contribution >= 4 is 16.9 Å². The quantitative estimate of drug-likeness (QED) is 0.903. The zero-order valence-corrected chi connectivity index (χ0v) is 11.7. The predicted molar refractivity (Wildman–Crippen MR) is 78.4 cm³/mol. The van der Waals surface area contributed by atoms with Gasteiger partial charge in [-0.15, -0.1) is 0 Å². The van der Waals surface area contributed by atoms with Gasteiger partial charge in [-0.2, -0.15) is 0 Å². The summed E-state index contributed by atoms with van der Waals surface area (Å²) in [5, 5.41) is 7.41. The van der Waals surface area contributed by atoms with E-state index in [0.717, 1.165) is 42.7 Å². The fourth-order valence-corrected chi connectivity index (χ4v) is 2.70. The molecule has 0 aliphatic carbocycles. The van der Waals surface area contributed by atoms with Crippen LogP contribution in [0.3, 0.4) is 0 Å². The summed E-state index contributed by atoms with van der Waals surface area (Å²) in [4.78, 5) is 12.2. The number of furan rings is 1. The van der Waals surface area contributed by atoms with E-state index < -0.39 is 0 Å². The summed E-state index contributed by atoms with van der Waals surface area (Å²) in [5.41, 5.74) is 0.866. The first-order valence-corrected chi connectivity index (χ1v) is 7.23.